The van der Waals surface area contributed by atoms with Crippen LogP contribution in [0.1, 0.15) is 53.3 Å². The number of nitrogens with zero attached hydrogens (tertiary/aromatic N) is 5. The number of nitrogens with one attached hydrogen (secondary N) is 1. The molecule has 10 heteroatoms. The number of hydrogen-bond donors (Lipinski definition) is 2. The molecule has 2 aromatic carbocycles. The van der Waals surface area contributed by atoms with Crippen LogP contribution in [0.15, 0.2) is 51.4 Å². The van der Waals surface area contributed by atoms with E-state index in [9.17, 15) is 9.90 Å². The lowest BCUT2D eigenvalue weighted by molar-refractivity contribution is 0.0684. The van der Waals surface area contributed by atoms with Gasteiger partial charge in [0.2, 0.25) is 5.82 Å². The number of aromatic nitrogens is 6. The van der Waals surface area contributed by atoms with Crippen molar-refractivity contribution in [3.05, 3.63) is 69.7 Å². The summed E-state index contributed by atoms with van der Waals surface area (Å²) in [6, 6.07) is 13.6. The number of carbonyl (C=O) groups is 1. The van der Waals surface area contributed by atoms with E-state index in [1.165, 1.54) is 0 Å². The number of imidazole rings is 1. The maximum atomic E-state index is 12.2. The molecule has 0 unspecified atom stereocenters. The summed E-state index contributed by atoms with van der Waals surface area (Å²) in [6.45, 7) is 2.43. The number of carboxylic acids is 1. The average Bonchev–Trinajstić information content (AvgIpc) is 3.29. The van der Waals surface area contributed by atoms with Crippen LogP contribution >= 0.6 is 15.9 Å². The molecule has 0 radical (unpaired) electrons. The van der Waals surface area contributed by atoms with Crippen LogP contribution < -0.4 is 0 Å². The third-order valence-electron chi connectivity index (χ3n) is 6.35. The van der Waals surface area contributed by atoms with Crippen LogP contribution in [0, 0.1) is 0 Å². The van der Waals surface area contributed by atoms with E-state index in [2.05, 4.69) is 36.6 Å². The number of hydrogen-bond acceptors (Lipinski definition) is 6. The number of fused-ring (bicyclic) bond motifs is 1. The molecule has 1 saturated carbocycles. The van der Waals surface area contributed by atoms with Crippen LogP contribution in [0.5, 0.6) is 0 Å². The monoisotopic (exact) mass is 532 g/mol. The summed E-state index contributed by atoms with van der Waals surface area (Å²) in [5.41, 5.74) is 4.35. The van der Waals surface area contributed by atoms with E-state index in [0.717, 1.165) is 56.5 Å². The first-order valence-electron chi connectivity index (χ1n) is 11.4. The van der Waals surface area contributed by atoms with Crippen LogP contribution in [0.3, 0.4) is 0 Å². The molecule has 0 amide bonds. The fourth-order valence-electron chi connectivity index (χ4n) is 4.55. The molecule has 0 bridgehead atoms. The highest BCUT2D eigenvalue weighted by molar-refractivity contribution is 9.10. The van der Waals surface area contributed by atoms with Gasteiger partial charge in [-0.05, 0) is 51.7 Å². The lowest BCUT2D eigenvalue weighted by atomic mass is 10.0. The first-order chi connectivity index (χ1) is 17.0. The van der Waals surface area contributed by atoms with Gasteiger partial charge < -0.3 is 14.1 Å². The lowest BCUT2D eigenvalue weighted by Gasteiger charge is -2.10. The van der Waals surface area contributed by atoms with E-state index in [4.69, 9.17) is 9.40 Å². The number of furan rings is 1. The van der Waals surface area contributed by atoms with Gasteiger partial charge in [0.05, 0.1) is 10.2 Å². The summed E-state index contributed by atoms with van der Waals surface area (Å²) in [6.07, 6.45) is 2.67. The quantitative estimate of drug-likeness (QED) is 0.286. The number of halogens is 1. The molecule has 1 aliphatic carbocycles. The number of carboxylic acid groups (broad SMARTS) is 1. The number of rotatable bonds is 7. The predicted molar refractivity (Wildman–Crippen MR) is 132 cm³/mol. The molecule has 35 heavy (non-hydrogen) atoms. The Balaban J connectivity index is 1.42. The molecule has 2 N–H and O–H groups in total. The Morgan fingerprint density at radius 3 is 2.71 bits per heavy atom. The van der Waals surface area contributed by atoms with Gasteiger partial charge >= 0.3 is 5.97 Å². The largest absolute Gasteiger partial charge is 0.477 e. The molecule has 176 valence electrons. The fourth-order valence-corrected chi connectivity index (χ4v) is 5.15. The Morgan fingerprint density at radius 1 is 1.23 bits per heavy atom. The SMILES string of the molecule is CCc1nc(C2CC2)c(C(=O)O)n1Cc1ccc2oc(-c3ccccc3-c3nn[nH]n3)c(Br)c2c1. The summed E-state index contributed by atoms with van der Waals surface area (Å²) < 4.78 is 8.89. The van der Waals surface area contributed by atoms with Crippen LogP contribution in [0.4, 0.5) is 0 Å². The van der Waals surface area contributed by atoms with Crippen LogP contribution in [-0.2, 0) is 13.0 Å². The van der Waals surface area contributed by atoms with Crippen molar-refractivity contribution < 1.29 is 14.3 Å². The minimum atomic E-state index is -0.926. The zero-order valence-electron chi connectivity index (χ0n) is 18.8. The Morgan fingerprint density at radius 2 is 2.03 bits per heavy atom. The minimum absolute atomic E-state index is 0.264. The van der Waals surface area contributed by atoms with Crippen molar-refractivity contribution in [1.82, 2.24) is 30.2 Å². The predicted octanol–water partition coefficient (Wildman–Crippen LogP) is 5.43. The molecule has 1 fully saturated rings. The molecule has 6 rings (SSSR count). The lowest BCUT2D eigenvalue weighted by Crippen LogP contribution is -2.13. The van der Waals surface area contributed by atoms with Crippen molar-refractivity contribution in [1.29, 1.82) is 0 Å². The Hall–Kier alpha value is -3.79. The second kappa shape index (κ2) is 8.46. The van der Waals surface area contributed by atoms with Crippen molar-refractivity contribution in [3.8, 4) is 22.7 Å². The van der Waals surface area contributed by atoms with Crippen LogP contribution in [0.25, 0.3) is 33.7 Å². The Labute approximate surface area is 208 Å². The van der Waals surface area contributed by atoms with E-state index >= 15 is 0 Å². The van der Waals surface area contributed by atoms with Gasteiger partial charge in [0.1, 0.15) is 17.2 Å². The molecule has 0 aliphatic heterocycles. The van der Waals surface area contributed by atoms with Gasteiger partial charge in [-0.2, -0.15) is 5.21 Å². The Kier molecular flexibility index (Phi) is 5.25. The van der Waals surface area contributed by atoms with Crippen LogP contribution in [-0.4, -0.2) is 41.3 Å². The highest BCUT2D eigenvalue weighted by Gasteiger charge is 2.34. The molecule has 0 atom stereocenters. The first kappa shape index (κ1) is 21.7. The minimum Gasteiger partial charge on any atom is -0.477 e. The maximum absolute atomic E-state index is 12.2. The molecule has 0 saturated heterocycles. The smallest absolute Gasteiger partial charge is 0.354 e. The number of tetrazole rings is 1. The van der Waals surface area contributed by atoms with Gasteiger partial charge in [0.25, 0.3) is 0 Å². The Bertz CT molecular complexity index is 1570. The van der Waals surface area contributed by atoms with E-state index in [0.29, 0.717) is 30.2 Å². The number of aromatic carboxylic acids is 1. The van der Waals surface area contributed by atoms with Gasteiger partial charge in [0, 0.05) is 35.4 Å². The number of H-pyrrole nitrogens is 1. The zero-order chi connectivity index (χ0) is 24.1. The fraction of sp³-hybridized carbons (Fsp3) is 0.240. The third-order valence-corrected chi connectivity index (χ3v) is 7.13. The topological polar surface area (TPSA) is 123 Å². The average molecular weight is 533 g/mol. The molecular weight excluding hydrogens is 512 g/mol. The summed E-state index contributed by atoms with van der Waals surface area (Å²) in [5, 5.41) is 25.3. The normalized spacial score (nSPS) is 13.5. The van der Waals surface area contributed by atoms with Gasteiger partial charge in [-0.15, -0.1) is 10.2 Å². The van der Waals surface area contributed by atoms with Crippen molar-refractivity contribution in [2.24, 2.45) is 0 Å². The van der Waals surface area contributed by atoms with Crippen molar-refractivity contribution in [2.75, 3.05) is 0 Å². The molecular formula is C25H21BrN6O3. The standard InChI is InChI=1S/C25H21BrN6O3/c1-2-19-27-21(14-8-9-14)22(25(33)34)32(19)12-13-7-10-18-17(11-13)20(26)23(35-18)15-5-3-4-6-16(15)24-28-30-31-29-24/h3-7,10-11,14H,2,8-9,12H2,1H3,(H,33,34)(H,28,29,30,31). The molecule has 3 heterocycles. The van der Waals surface area contributed by atoms with Gasteiger partial charge in [-0.3, -0.25) is 0 Å². The summed E-state index contributed by atoms with van der Waals surface area (Å²) in [4.78, 5) is 16.9. The van der Waals surface area contributed by atoms with Crippen molar-refractivity contribution in [3.63, 3.8) is 0 Å². The summed E-state index contributed by atoms with van der Waals surface area (Å²) in [5.74, 6) is 1.28. The van der Waals surface area contributed by atoms with Gasteiger partial charge in [0.15, 0.2) is 5.69 Å². The van der Waals surface area contributed by atoms with E-state index in [1.807, 2.05) is 54.0 Å². The van der Waals surface area contributed by atoms with Crippen LogP contribution in [0.2, 0.25) is 0 Å². The van der Waals surface area contributed by atoms with Gasteiger partial charge in [-0.25, -0.2) is 9.78 Å². The van der Waals surface area contributed by atoms with Crippen molar-refractivity contribution in [2.45, 2.75) is 38.6 Å². The molecule has 5 aromatic rings. The summed E-state index contributed by atoms with van der Waals surface area (Å²) in [7, 11) is 0. The number of benzene rings is 2. The number of aromatic amines is 1. The molecule has 3 aromatic heterocycles. The van der Waals surface area contributed by atoms with E-state index < -0.39 is 5.97 Å². The van der Waals surface area contributed by atoms with E-state index in [-0.39, 0.29) is 5.92 Å². The molecule has 9 nitrogen and oxygen atoms in total. The zero-order valence-corrected chi connectivity index (χ0v) is 20.4. The summed E-state index contributed by atoms with van der Waals surface area (Å²) >= 11 is 3.73. The highest BCUT2D eigenvalue weighted by atomic mass is 79.9. The third kappa shape index (κ3) is 3.74. The maximum Gasteiger partial charge on any atom is 0.354 e. The first-order valence-corrected chi connectivity index (χ1v) is 12.2. The number of aryl methyl sites for hydroxylation is 1. The van der Waals surface area contributed by atoms with Crippen molar-refractivity contribution >= 4 is 32.9 Å². The second-order valence-electron chi connectivity index (χ2n) is 8.64. The van der Waals surface area contributed by atoms with Gasteiger partial charge in [-0.1, -0.05) is 37.3 Å². The highest BCUT2D eigenvalue weighted by Crippen LogP contribution is 2.43. The molecule has 0 spiro atoms. The second-order valence-corrected chi connectivity index (χ2v) is 9.43. The van der Waals surface area contributed by atoms with E-state index in [1.54, 1.807) is 0 Å². The molecule has 1 aliphatic rings.